The Kier molecular flexibility index (Phi) is 5.04. The van der Waals surface area contributed by atoms with Crippen LogP contribution in [0.15, 0.2) is 65.8 Å². The van der Waals surface area contributed by atoms with Crippen molar-refractivity contribution in [3.8, 4) is 11.8 Å². The summed E-state index contributed by atoms with van der Waals surface area (Å²) in [6.45, 7) is 1.12. The molecule has 0 radical (unpaired) electrons. The summed E-state index contributed by atoms with van der Waals surface area (Å²) in [5, 5.41) is 21.8. The summed E-state index contributed by atoms with van der Waals surface area (Å²) in [5.41, 5.74) is 5.81. The van der Waals surface area contributed by atoms with Gasteiger partial charge in [0.2, 0.25) is 0 Å². The third-order valence-corrected chi connectivity index (χ3v) is 4.80. The number of nitrogens with zero attached hydrogens (tertiary/aromatic N) is 3. The van der Waals surface area contributed by atoms with Gasteiger partial charge in [0.05, 0.1) is 23.9 Å². The van der Waals surface area contributed by atoms with Gasteiger partial charge in [-0.15, -0.1) is 0 Å². The van der Waals surface area contributed by atoms with Crippen molar-refractivity contribution in [2.75, 3.05) is 13.7 Å². The smallest absolute Gasteiger partial charge is 0.121 e. The number of nitrogens with one attached hydrogen (secondary N) is 1. The van der Waals surface area contributed by atoms with Crippen LogP contribution in [0.4, 0.5) is 5.69 Å². The van der Waals surface area contributed by atoms with Crippen molar-refractivity contribution >= 4 is 11.4 Å². The number of methoxy groups -OCH3 is 1. The molecule has 0 amide bonds. The van der Waals surface area contributed by atoms with Gasteiger partial charge < -0.3 is 19.6 Å². The fraction of sp³-hybridized carbons (Fsp3) is 0.182. The number of benzene rings is 2. The molecule has 2 aromatic carbocycles. The molecule has 6 heteroatoms. The zero-order valence-corrected chi connectivity index (χ0v) is 15.6. The first-order valence-corrected chi connectivity index (χ1v) is 9.06. The summed E-state index contributed by atoms with van der Waals surface area (Å²) >= 11 is 0. The van der Waals surface area contributed by atoms with Crippen LogP contribution >= 0.6 is 0 Å². The molecule has 0 fully saturated rings. The standard InChI is InChI=1S/C22H20N4O2/c1-28-15-20-6-3-9-26(20)19-7-8-21-18(11-19)13-25(27)14-22(24-21)17-5-2-4-16(10-17)12-23/h2-11,25H,13-15H2,1H3. The first-order valence-electron chi connectivity index (χ1n) is 9.06. The number of hydrogen-bond donors (Lipinski definition) is 1. The van der Waals surface area contributed by atoms with E-state index in [0.717, 1.165) is 28.2 Å². The molecule has 0 aliphatic carbocycles. The maximum absolute atomic E-state index is 12.6. The fourth-order valence-electron chi connectivity index (χ4n) is 3.49. The van der Waals surface area contributed by atoms with Crippen molar-refractivity contribution in [2.45, 2.75) is 13.2 Å². The fourth-order valence-corrected chi connectivity index (χ4v) is 3.49. The predicted molar refractivity (Wildman–Crippen MR) is 107 cm³/mol. The number of rotatable bonds is 4. The zero-order valence-electron chi connectivity index (χ0n) is 15.6. The maximum Gasteiger partial charge on any atom is 0.121 e. The molecule has 28 heavy (non-hydrogen) atoms. The molecule has 3 aromatic rings. The number of aliphatic imine (C=N–C) groups is 1. The molecule has 1 N–H and O–H groups in total. The van der Waals surface area contributed by atoms with Crippen molar-refractivity contribution in [3.05, 3.63) is 88.4 Å². The Bertz CT molecular complexity index is 1080. The molecular formula is C22H20N4O2. The third kappa shape index (κ3) is 3.59. The molecule has 140 valence electrons. The van der Waals surface area contributed by atoms with Gasteiger partial charge in [0.15, 0.2) is 0 Å². The van der Waals surface area contributed by atoms with Gasteiger partial charge in [-0.2, -0.15) is 5.26 Å². The topological polar surface area (TPSA) is 77.8 Å². The van der Waals surface area contributed by atoms with E-state index in [1.54, 1.807) is 19.2 Å². The zero-order chi connectivity index (χ0) is 19.5. The Balaban J connectivity index is 1.74. The Morgan fingerprint density at radius 3 is 2.89 bits per heavy atom. The highest BCUT2D eigenvalue weighted by atomic mass is 16.5. The maximum atomic E-state index is 12.6. The monoisotopic (exact) mass is 372 g/mol. The van der Waals surface area contributed by atoms with Crippen molar-refractivity contribution in [1.82, 2.24) is 4.57 Å². The van der Waals surface area contributed by atoms with Crippen LogP contribution in [0.2, 0.25) is 0 Å². The van der Waals surface area contributed by atoms with Gasteiger partial charge >= 0.3 is 0 Å². The number of hydrogen-bond acceptors (Lipinski definition) is 4. The van der Waals surface area contributed by atoms with Crippen LogP contribution in [0.1, 0.15) is 22.4 Å². The van der Waals surface area contributed by atoms with Crippen LogP contribution in [0.25, 0.3) is 5.69 Å². The lowest BCUT2D eigenvalue weighted by molar-refractivity contribution is -0.852. The van der Waals surface area contributed by atoms with Gasteiger partial charge in [0.1, 0.15) is 18.8 Å². The summed E-state index contributed by atoms with van der Waals surface area (Å²) in [6.07, 6.45) is 1.98. The average molecular weight is 372 g/mol. The second-order valence-corrected chi connectivity index (χ2v) is 6.76. The van der Waals surface area contributed by atoms with Crippen LogP contribution in [0.5, 0.6) is 0 Å². The average Bonchev–Trinajstić information content (AvgIpc) is 3.10. The van der Waals surface area contributed by atoms with Gasteiger partial charge in [-0.25, -0.2) is 4.99 Å². The molecule has 4 rings (SSSR count). The molecule has 0 spiro atoms. The minimum absolute atomic E-state index is 0.113. The summed E-state index contributed by atoms with van der Waals surface area (Å²) < 4.78 is 7.32. The normalized spacial score (nSPS) is 16.0. The molecule has 1 atom stereocenters. The number of fused-ring (bicyclic) bond motifs is 1. The van der Waals surface area contributed by atoms with Crippen molar-refractivity contribution in [3.63, 3.8) is 0 Å². The molecule has 0 saturated carbocycles. The van der Waals surface area contributed by atoms with Gasteiger partial charge in [-0.3, -0.25) is 0 Å². The second-order valence-electron chi connectivity index (χ2n) is 6.76. The molecule has 0 bridgehead atoms. The molecule has 1 aliphatic rings. The lowest BCUT2D eigenvalue weighted by atomic mass is 10.1. The van der Waals surface area contributed by atoms with Gasteiger partial charge in [-0.05, 0) is 42.5 Å². The molecule has 1 unspecified atom stereocenters. The summed E-state index contributed by atoms with van der Waals surface area (Å²) in [6, 6.07) is 19.3. The van der Waals surface area contributed by atoms with E-state index in [2.05, 4.69) is 10.6 Å². The second kappa shape index (κ2) is 7.79. The lowest BCUT2D eigenvalue weighted by Crippen LogP contribution is -3.06. The van der Waals surface area contributed by atoms with E-state index in [4.69, 9.17) is 15.0 Å². The van der Waals surface area contributed by atoms with E-state index in [0.29, 0.717) is 24.4 Å². The first-order chi connectivity index (χ1) is 13.7. The van der Waals surface area contributed by atoms with E-state index in [9.17, 15) is 5.21 Å². The third-order valence-electron chi connectivity index (χ3n) is 4.80. The minimum atomic E-state index is 0.113. The number of ether oxygens (including phenoxy) is 1. The van der Waals surface area contributed by atoms with E-state index in [1.165, 1.54) is 0 Å². The molecule has 0 saturated heterocycles. The summed E-state index contributed by atoms with van der Waals surface area (Å²) in [4.78, 5) is 4.77. The Labute approximate surface area is 163 Å². The number of aromatic nitrogens is 1. The van der Waals surface area contributed by atoms with Gasteiger partial charge in [0, 0.05) is 35.8 Å². The SMILES string of the molecule is COCc1cccn1-c1ccc2c(c1)C[NH+]([O-])CC(c1cccc(C#N)c1)=N2. The minimum Gasteiger partial charge on any atom is -0.634 e. The molecular weight excluding hydrogens is 352 g/mol. The Hall–Kier alpha value is -3.24. The van der Waals surface area contributed by atoms with E-state index < -0.39 is 0 Å². The highest BCUT2D eigenvalue weighted by Crippen LogP contribution is 2.26. The molecule has 1 aromatic heterocycles. The summed E-state index contributed by atoms with van der Waals surface area (Å²) in [5.74, 6) is 0. The molecule has 6 nitrogen and oxygen atoms in total. The van der Waals surface area contributed by atoms with Crippen LogP contribution < -0.4 is 5.06 Å². The largest absolute Gasteiger partial charge is 0.634 e. The van der Waals surface area contributed by atoms with Crippen molar-refractivity contribution < 1.29 is 9.80 Å². The van der Waals surface area contributed by atoms with Crippen LogP contribution in [0, 0.1) is 16.5 Å². The van der Waals surface area contributed by atoms with E-state index in [1.807, 2.05) is 48.7 Å². The van der Waals surface area contributed by atoms with Gasteiger partial charge in [-0.1, -0.05) is 12.1 Å². The predicted octanol–water partition coefficient (Wildman–Crippen LogP) is 2.51. The van der Waals surface area contributed by atoms with Gasteiger partial charge in [0.25, 0.3) is 0 Å². The van der Waals surface area contributed by atoms with E-state index >= 15 is 0 Å². The first kappa shape index (κ1) is 18.1. The van der Waals surface area contributed by atoms with Crippen molar-refractivity contribution in [1.29, 1.82) is 5.26 Å². The number of hydroxylamine groups is 2. The van der Waals surface area contributed by atoms with Crippen LogP contribution in [-0.4, -0.2) is 23.9 Å². The lowest BCUT2D eigenvalue weighted by Gasteiger charge is -2.21. The molecule has 2 heterocycles. The van der Waals surface area contributed by atoms with Crippen LogP contribution in [0.3, 0.4) is 0 Å². The number of nitriles is 1. The Morgan fingerprint density at radius 1 is 1.18 bits per heavy atom. The van der Waals surface area contributed by atoms with Crippen LogP contribution in [-0.2, 0) is 17.9 Å². The molecule has 1 aliphatic heterocycles. The quantitative estimate of drug-likeness (QED) is 0.715. The van der Waals surface area contributed by atoms with E-state index in [-0.39, 0.29) is 11.6 Å². The highest BCUT2D eigenvalue weighted by molar-refractivity contribution is 6.03. The number of quaternary nitrogens is 1. The Morgan fingerprint density at radius 2 is 2.07 bits per heavy atom. The van der Waals surface area contributed by atoms with Crippen molar-refractivity contribution in [2.24, 2.45) is 4.99 Å². The highest BCUT2D eigenvalue weighted by Gasteiger charge is 2.18. The summed E-state index contributed by atoms with van der Waals surface area (Å²) in [7, 11) is 1.67.